The number of rotatable bonds is 3. The molecule has 118 valence electrons. The number of hydrogen-bond donors (Lipinski definition) is 2. The van der Waals surface area contributed by atoms with Crippen LogP contribution in [-0.4, -0.2) is 36.9 Å². The molecule has 1 saturated heterocycles. The first-order valence-corrected chi connectivity index (χ1v) is 7.42. The predicted molar refractivity (Wildman–Crippen MR) is 84.2 cm³/mol. The first kappa shape index (κ1) is 17.7. The lowest BCUT2D eigenvalue weighted by Crippen LogP contribution is -2.42. The number of hydrogen-bond acceptors (Lipinski definition) is 4. The molecule has 21 heavy (non-hydrogen) atoms. The number of aliphatic hydroxyl groups excluding tert-OH is 1. The van der Waals surface area contributed by atoms with Crippen molar-refractivity contribution in [3.8, 4) is 0 Å². The van der Waals surface area contributed by atoms with Crippen molar-refractivity contribution in [3.63, 3.8) is 0 Å². The van der Waals surface area contributed by atoms with E-state index < -0.39 is 0 Å². The topological polar surface area (TPSA) is 58.6 Å². The van der Waals surface area contributed by atoms with Crippen LogP contribution in [0.1, 0.15) is 39.2 Å². The summed E-state index contributed by atoms with van der Waals surface area (Å²) in [5.41, 5.74) is 0.970. The molecule has 0 atom stereocenters. The van der Waals surface area contributed by atoms with Gasteiger partial charge in [-0.3, -0.25) is 4.79 Å². The Balaban J connectivity index is 0.000000270. The van der Waals surface area contributed by atoms with E-state index in [0.717, 1.165) is 25.9 Å². The monoisotopic (exact) mass is 293 g/mol. The van der Waals surface area contributed by atoms with Gasteiger partial charge in [-0.15, -0.1) is 0 Å². The van der Waals surface area contributed by atoms with Gasteiger partial charge < -0.3 is 15.2 Å². The van der Waals surface area contributed by atoms with E-state index in [4.69, 9.17) is 0 Å². The molecule has 0 aliphatic carbocycles. The number of carbonyl (C=O) groups excluding carboxylic acids is 1. The number of aliphatic hydroxyl groups is 1. The van der Waals surface area contributed by atoms with Gasteiger partial charge >= 0.3 is 0 Å². The third-order valence-electron chi connectivity index (χ3n) is 3.65. The molecule has 1 fully saturated rings. The molecular formula is C17H27NO3. The van der Waals surface area contributed by atoms with Crippen LogP contribution in [0.3, 0.4) is 0 Å². The normalized spacial score (nSPS) is 17.3. The van der Waals surface area contributed by atoms with Gasteiger partial charge in [0.15, 0.2) is 0 Å². The maximum atomic E-state index is 9.60. The summed E-state index contributed by atoms with van der Waals surface area (Å²) in [4.78, 5) is 9.60. The smallest absolute Gasteiger partial charge is 0.293 e. The lowest BCUT2D eigenvalue weighted by Gasteiger charge is -2.36. The Bertz CT molecular complexity index is 406. The largest absolute Gasteiger partial charge is 0.462 e. The van der Waals surface area contributed by atoms with Crippen molar-refractivity contribution >= 4 is 6.47 Å². The average Bonchev–Trinajstić information content (AvgIpc) is 2.48. The van der Waals surface area contributed by atoms with Gasteiger partial charge in [-0.25, -0.2) is 0 Å². The molecule has 2 N–H and O–H groups in total. The van der Waals surface area contributed by atoms with Gasteiger partial charge in [-0.2, -0.15) is 0 Å². The van der Waals surface area contributed by atoms with Crippen LogP contribution >= 0.6 is 0 Å². The number of carbonyl (C=O) groups is 1. The molecule has 0 radical (unpaired) electrons. The second-order valence-electron chi connectivity index (χ2n) is 6.38. The zero-order valence-electron chi connectivity index (χ0n) is 13.3. The molecule has 0 bridgehead atoms. The fourth-order valence-electron chi connectivity index (χ4n) is 2.38. The van der Waals surface area contributed by atoms with Crippen molar-refractivity contribution in [1.82, 2.24) is 5.32 Å². The summed E-state index contributed by atoms with van der Waals surface area (Å²) in [7, 11) is 0. The Morgan fingerprint density at radius 3 is 2.19 bits per heavy atom. The third kappa shape index (κ3) is 5.86. The summed E-state index contributed by atoms with van der Waals surface area (Å²) in [6, 6.07) is 10.4. The second kappa shape index (κ2) is 8.15. The molecule has 0 amide bonds. The number of nitrogens with one attached hydrogen (secondary N) is 1. The van der Waals surface area contributed by atoms with Crippen LogP contribution in [0.25, 0.3) is 0 Å². The van der Waals surface area contributed by atoms with Crippen LogP contribution in [0.4, 0.5) is 0 Å². The van der Waals surface area contributed by atoms with Gasteiger partial charge in [0.2, 0.25) is 0 Å². The Kier molecular flexibility index (Phi) is 6.85. The van der Waals surface area contributed by atoms with E-state index in [-0.39, 0.29) is 17.6 Å². The first-order chi connectivity index (χ1) is 9.93. The molecular weight excluding hydrogens is 266 g/mol. The van der Waals surface area contributed by atoms with E-state index in [1.165, 1.54) is 5.56 Å². The predicted octanol–water partition coefficient (Wildman–Crippen LogP) is 2.26. The maximum Gasteiger partial charge on any atom is 0.293 e. The lowest BCUT2D eigenvalue weighted by molar-refractivity contribution is -0.138. The van der Waals surface area contributed by atoms with Gasteiger partial charge in [0.25, 0.3) is 6.47 Å². The highest BCUT2D eigenvalue weighted by atomic mass is 16.5. The highest BCUT2D eigenvalue weighted by Gasteiger charge is 2.32. The van der Waals surface area contributed by atoms with Gasteiger partial charge in [0, 0.05) is 5.41 Å². The fraction of sp³-hybridized carbons (Fsp3) is 0.588. The highest BCUT2D eigenvalue weighted by molar-refractivity contribution is 5.37. The third-order valence-corrected chi connectivity index (χ3v) is 3.65. The fourth-order valence-corrected chi connectivity index (χ4v) is 2.38. The zero-order valence-corrected chi connectivity index (χ0v) is 13.3. The standard InChI is InChI=1S/C12H17NO.C5H10O2/c14-10-12(6-8-13-9-7-12)11-4-2-1-3-5-11;1-5(2,3)7-4-6/h1-5,13-14H,6-10H2;4H,1-3H3. The molecule has 1 heterocycles. The SMILES string of the molecule is CC(C)(C)OC=O.OCC1(c2ccccc2)CCNCC1. The molecule has 1 aromatic carbocycles. The second-order valence-corrected chi connectivity index (χ2v) is 6.38. The molecule has 0 saturated carbocycles. The zero-order chi connectivity index (χ0) is 15.8. The summed E-state index contributed by atoms with van der Waals surface area (Å²) in [5.74, 6) is 0. The highest BCUT2D eigenvalue weighted by Crippen LogP contribution is 2.32. The van der Waals surface area contributed by atoms with Crippen LogP contribution in [-0.2, 0) is 14.9 Å². The number of piperidine rings is 1. The van der Waals surface area contributed by atoms with Crippen LogP contribution in [0.15, 0.2) is 30.3 Å². The molecule has 0 spiro atoms. The summed E-state index contributed by atoms with van der Waals surface area (Å²) < 4.78 is 4.55. The number of benzene rings is 1. The van der Waals surface area contributed by atoms with Crippen molar-refractivity contribution in [2.45, 2.75) is 44.6 Å². The van der Waals surface area contributed by atoms with Crippen molar-refractivity contribution in [2.75, 3.05) is 19.7 Å². The van der Waals surface area contributed by atoms with Gasteiger partial charge in [0.1, 0.15) is 5.60 Å². The van der Waals surface area contributed by atoms with Crippen molar-refractivity contribution in [3.05, 3.63) is 35.9 Å². The summed E-state index contributed by atoms with van der Waals surface area (Å²) >= 11 is 0. The molecule has 1 aliphatic rings. The molecule has 0 unspecified atom stereocenters. The number of ether oxygens (including phenoxy) is 1. The van der Waals surface area contributed by atoms with Crippen LogP contribution in [0.5, 0.6) is 0 Å². The molecule has 1 aromatic rings. The van der Waals surface area contributed by atoms with E-state index in [0.29, 0.717) is 6.47 Å². The molecule has 1 aliphatic heterocycles. The quantitative estimate of drug-likeness (QED) is 0.839. The Morgan fingerprint density at radius 1 is 1.24 bits per heavy atom. The maximum absolute atomic E-state index is 9.60. The summed E-state index contributed by atoms with van der Waals surface area (Å²) in [6.07, 6.45) is 2.07. The van der Waals surface area contributed by atoms with E-state index in [2.05, 4.69) is 34.3 Å². The Labute approximate surface area is 127 Å². The van der Waals surface area contributed by atoms with Crippen molar-refractivity contribution < 1.29 is 14.6 Å². The van der Waals surface area contributed by atoms with Crippen molar-refractivity contribution in [1.29, 1.82) is 0 Å². The van der Waals surface area contributed by atoms with E-state index >= 15 is 0 Å². The lowest BCUT2D eigenvalue weighted by atomic mass is 9.74. The first-order valence-electron chi connectivity index (χ1n) is 7.42. The Hall–Kier alpha value is -1.39. The van der Waals surface area contributed by atoms with Crippen LogP contribution in [0, 0.1) is 0 Å². The minimum Gasteiger partial charge on any atom is -0.462 e. The Morgan fingerprint density at radius 2 is 1.81 bits per heavy atom. The molecule has 0 aromatic heterocycles. The van der Waals surface area contributed by atoms with E-state index in [9.17, 15) is 9.90 Å². The van der Waals surface area contributed by atoms with Crippen LogP contribution < -0.4 is 5.32 Å². The van der Waals surface area contributed by atoms with Gasteiger partial charge in [-0.1, -0.05) is 30.3 Å². The average molecular weight is 293 g/mol. The molecule has 2 rings (SSSR count). The molecule has 4 nitrogen and oxygen atoms in total. The summed E-state index contributed by atoms with van der Waals surface area (Å²) in [5, 5.41) is 12.9. The molecule has 4 heteroatoms. The van der Waals surface area contributed by atoms with Gasteiger partial charge in [-0.05, 0) is 52.3 Å². The summed E-state index contributed by atoms with van der Waals surface area (Å²) in [6.45, 7) is 8.20. The van der Waals surface area contributed by atoms with Crippen LogP contribution in [0.2, 0.25) is 0 Å². The van der Waals surface area contributed by atoms with Crippen molar-refractivity contribution in [2.24, 2.45) is 0 Å². The van der Waals surface area contributed by atoms with E-state index in [1.807, 2.05) is 26.8 Å². The minimum absolute atomic E-state index is 0.00646. The van der Waals surface area contributed by atoms with E-state index in [1.54, 1.807) is 0 Å². The van der Waals surface area contributed by atoms with Gasteiger partial charge in [0.05, 0.1) is 6.61 Å². The minimum atomic E-state index is -0.318.